The van der Waals surface area contributed by atoms with Crippen molar-refractivity contribution in [2.75, 3.05) is 6.54 Å². The molecule has 0 saturated carbocycles. The first-order valence-corrected chi connectivity index (χ1v) is 7.24. The van der Waals surface area contributed by atoms with E-state index in [0.717, 1.165) is 41.4 Å². The number of carbonyl (C=O) groups excluding carboxylic acids is 2. The highest BCUT2D eigenvalue weighted by Gasteiger charge is 2.27. The van der Waals surface area contributed by atoms with Gasteiger partial charge in [-0.3, -0.25) is 9.59 Å². The highest BCUT2D eigenvalue weighted by Crippen LogP contribution is 2.29. The molecule has 1 heterocycles. The van der Waals surface area contributed by atoms with Gasteiger partial charge >= 0.3 is 0 Å². The monoisotopic (exact) mass is 324 g/mol. The minimum atomic E-state index is -0.256. The molecule has 1 aliphatic rings. The Morgan fingerprint density at radius 2 is 2.11 bits per heavy atom. The van der Waals surface area contributed by atoms with E-state index in [1.54, 1.807) is 0 Å². The summed E-state index contributed by atoms with van der Waals surface area (Å²) in [6, 6.07) is 5.72. The van der Waals surface area contributed by atoms with E-state index in [1.165, 1.54) is 0 Å². The SMILES string of the molecule is NC(=O)CCCCCN1Cc2c(Br)cccc2C1=O. The third kappa shape index (κ3) is 3.35. The van der Waals surface area contributed by atoms with Gasteiger partial charge in [-0.1, -0.05) is 28.4 Å². The van der Waals surface area contributed by atoms with Crippen molar-refractivity contribution < 1.29 is 9.59 Å². The van der Waals surface area contributed by atoms with Gasteiger partial charge in [0, 0.05) is 29.5 Å². The molecule has 1 aromatic carbocycles. The molecule has 1 aromatic rings. The summed E-state index contributed by atoms with van der Waals surface area (Å²) in [5.41, 5.74) is 6.96. The van der Waals surface area contributed by atoms with Crippen LogP contribution < -0.4 is 5.73 Å². The van der Waals surface area contributed by atoms with Crippen molar-refractivity contribution >= 4 is 27.7 Å². The topological polar surface area (TPSA) is 63.4 Å². The van der Waals surface area contributed by atoms with E-state index >= 15 is 0 Å². The van der Waals surface area contributed by atoms with Gasteiger partial charge in [-0.15, -0.1) is 0 Å². The van der Waals surface area contributed by atoms with Crippen LogP contribution in [0, 0.1) is 0 Å². The smallest absolute Gasteiger partial charge is 0.254 e. The zero-order chi connectivity index (χ0) is 13.8. The van der Waals surface area contributed by atoms with Crippen LogP contribution in [0.2, 0.25) is 0 Å². The standard InChI is InChI=1S/C14H17BrN2O2/c15-12-6-4-5-10-11(12)9-17(14(10)19)8-3-1-2-7-13(16)18/h4-6H,1-3,7-9H2,(H2,16,18). The number of rotatable bonds is 6. The number of primary amides is 1. The molecule has 0 aromatic heterocycles. The maximum absolute atomic E-state index is 12.2. The molecule has 0 spiro atoms. The Morgan fingerprint density at radius 1 is 1.32 bits per heavy atom. The van der Waals surface area contributed by atoms with Gasteiger partial charge in [-0.05, 0) is 30.5 Å². The van der Waals surface area contributed by atoms with Crippen molar-refractivity contribution in [1.82, 2.24) is 4.90 Å². The highest BCUT2D eigenvalue weighted by molar-refractivity contribution is 9.10. The maximum Gasteiger partial charge on any atom is 0.254 e. The van der Waals surface area contributed by atoms with Gasteiger partial charge in [0.15, 0.2) is 0 Å². The van der Waals surface area contributed by atoms with Crippen molar-refractivity contribution in [3.63, 3.8) is 0 Å². The molecule has 0 fully saturated rings. The van der Waals surface area contributed by atoms with Gasteiger partial charge in [0.25, 0.3) is 5.91 Å². The van der Waals surface area contributed by atoms with Gasteiger partial charge in [0.05, 0.1) is 0 Å². The molecule has 19 heavy (non-hydrogen) atoms. The minimum absolute atomic E-state index is 0.103. The van der Waals surface area contributed by atoms with Gasteiger partial charge in [-0.25, -0.2) is 0 Å². The molecule has 2 rings (SSSR count). The normalized spacial score (nSPS) is 13.7. The third-order valence-electron chi connectivity index (χ3n) is 3.34. The second-order valence-electron chi connectivity index (χ2n) is 4.77. The van der Waals surface area contributed by atoms with E-state index in [-0.39, 0.29) is 11.8 Å². The second-order valence-corrected chi connectivity index (χ2v) is 5.62. The van der Waals surface area contributed by atoms with Crippen LogP contribution >= 0.6 is 15.9 Å². The summed E-state index contributed by atoms with van der Waals surface area (Å²) in [4.78, 5) is 24.6. The van der Waals surface area contributed by atoms with Crippen molar-refractivity contribution in [3.05, 3.63) is 33.8 Å². The van der Waals surface area contributed by atoms with Crippen LogP contribution in [0.5, 0.6) is 0 Å². The fourth-order valence-corrected chi connectivity index (χ4v) is 2.80. The van der Waals surface area contributed by atoms with Crippen molar-refractivity contribution in [3.8, 4) is 0 Å². The first-order chi connectivity index (χ1) is 9.09. The number of carbonyl (C=O) groups is 2. The average Bonchev–Trinajstić information content (AvgIpc) is 2.68. The number of benzene rings is 1. The molecular weight excluding hydrogens is 308 g/mol. The molecule has 102 valence electrons. The molecule has 0 unspecified atom stereocenters. The number of nitrogens with two attached hydrogens (primary N) is 1. The number of amides is 2. The summed E-state index contributed by atoms with van der Waals surface area (Å²) in [5, 5.41) is 0. The summed E-state index contributed by atoms with van der Waals surface area (Å²) in [7, 11) is 0. The van der Waals surface area contributed by atoms with Gasteiger partial charge in [-0.2, -0.15) is 0 Å². The molecular formula is C14H17BrN2O2. The first kappa shape index (κ1) is 14.1. The number of hydrogen-bond acceptors (Lipinski definition) is 2. The van der Waals surface area contributed by atoms with E-state index in [1.807, 2.05) is 23.1 Å². The number of hydrogen-bond donors (Lipinski definition) is 1. The molecule has 4 nitrogen and oxygen atoms in total. The quantitative estimate of drug-likeness (QED) is 0.817. The summed E-state index contributed by atoms with van der Waals surface area (Å²) in [6.07, 6.45) is 3.06. The second kappa shape index (κ2) is 6.19. The van der Waals surface area contributed by atoms with E-state index in [9.17, 15) is 9.59 Å². The van der Waals surface area contributed by atoms with Gasteiger partial charge in [0.1, 0.15) is 0 Å². The maximum atomic E-state index is 12.2. The molecule has 0 radical (unpaired) electrons. The van der Waals surface area contributed by atoms with Crippen molar-refractivity contribution in [2.24, 2.45) is 5.73 Å². The Morgan fingerprint density at radius 3 is 2.79 bits per heavy atom. The van der Waals surface area contributed by atoms with E-state index in [4.69, 9.17) is 5.73 Å². The lowest BCUT2D eigenvalue weighted by molar-refractivity contribution is -0.118. The van der Waals surface area contributed by atoms with Crippen LogP contribution in [0.4, 0.5) is 0 Å². The number of fused-ring (bicyclic) bond motifs is 1. The Kier molecular flexibility index (Phi) is 4.58. The van der Waals surface area contributed by atoms with Crippen LogP contribution in [-0.2, 0) is 11.3 Å². The predicted molar refractivity (Wildman–Crippen MR) is 76.5 cm³/mol. The Balaban J connectivity index is 1.83. The first-order valence-electron chi connectivity index (χ1n) is 6.44. The zero-order valence-electron chi connectivity index (χ0n) is 10.7. The predicted octanol–water partition coefficient (Wildman–Crippen LogP) is 2.45. The fraction of sp³-hybridized carbons (Fsp3) is 0.429. The number of nitrogens with zero attached hydrogens (tertiary/aromatic N) is 1. The van der Waals surface area contributed by atoms with Gasteiger partial charge < -0.3 is 10.6 Å². The number of halogens is 1. The lowest BCUT2D eigenvalue weighted by atomic mass is 10.1. The van der Waals surface area contributed by atoms with E-state index < -0.39 is 0 Å². The lowest BCUT2D eigenvalue weighted by Crippen LogP contribution is -2.25. The number of unbranched alkanes of at least 4 members (excludes halogenated alkanes) is 2. The zero-order valence-corrected chi connectivity index (χ0v) is 12.3. The molecule has 1 aliphatic heterocycles. The van der Waals surface area contributed by atoms with E-state index in [0.29, 0.717) is 13.0 Å². The minimum Gasteiger partial charge on any atom is -0.370 e. The largest absolute Gasteiger partial charge is 0.370 e. The van der Waals surface area contributed by atoms with Crippen molar-refractivity contribution in [2.45, 2.75) is 32.2 Å². The molecule has 5 heteroatoms. The Labute approximate surface area is 121 Å². The van der Waals surface area contributed by atoms with Crippen molar-refractivity contribution in [1.29, 1.82) is 0 Å². The molecule has 2 N–H and O–H groups in total. The Hall–Kier alpha value is -1.36. The molecule has 0 atom stereocenters. The fourth-order valence-electron chi connectivity index (χ4n) is 2.31. The van der Waals surface area contributed by atoms with Crippen LogP contribution in [0.15, 0.2) is 22.7 Å². The molecule has 0 bridgehead atoms. The third-order valence-corrected chi connectivity index (χ3v) is 4.08. The molecule has 0 aliphatic carbocycles. The molecule has 2 amide bonds. The highest BCUT2D eigenvalue weighted by atomic mass is 79.9. The lowest BCUT2D eigenvalue weighted by Gasteiger charge is -2.15. The summed E-state index contributed by atoms with van der Waals surface area (Å²) in [5.74, 6) is -0.153. The van der Waals surface area contributed by atoms with Crippen LogP contribution in [0.25, 0.3) is 0 Å². The van der Waals surface area contributed by atoms with Crippen LogP contribution in [0.1, 0.15) is 41.6 Å². The summed E-state index contributed by atoms with van der Waals surface area (Å²) >= 11 is 3.48. The summed E-state index contributed by atoms with van der Waals surface area (Å²) < 4.78 is 0.995. The van der Waals surface area contributed by atoms with Crippen LogP contribution in [-0.4, -0.2) is 23.3 Å². The summed E-state index contributed by atoms with van der Waals surface area (Å²) in [6.45, 7) is 1.41. The molecule has 0 saturated heterocycles. The van der Waals surface area contributed by atoms with Gasteiger partial charge in [0.2, 0.25) is 5.91 Å². The van der Waals surface area contributed by atoms with E-state index in [2.05, 4.69) is 15.9 Å². The average molecular weight is 325 g/mol. The van der Waals surface area contributed by atoms with Crippen LogP contribution in [0.3, 0.4) is 0 Å². The Bertz CT molecular complexity index is 502.